The molecule has 22 heavy (non-hydrogen) atoms. The summed E-state index contributed by atoms with van der Waals surface area (Å²) >= 11 is 7.69. The lowest BCUT2D eigenvalue weighted by molar-refractivity contribution is 0.0598. The molecule has 2 N–H and O–H groups in total. The van der Waals surface area contributed by atoms with Gasteiger partial charge < -0.3 is 20.1 Å². The van der Waals surface area contributed by atoms with E-state index >= 15 is 0 Å². The molecular weight excluding hydrogens is 344 g/mol. The molecule has 2 aromatic heterocycles. The normalized spacial score (nSPS) is 9.91. The second-order valence-corrected chi connectivity index (χ2v) is 6.13. The van der Waals surface area contributed by atoms with Crippen molar-refractivity contribution in [1.29, 1.82) is 0 Å². The second kappa shape index (κ2) is 7.34. The number of rotatable bonds is 4. The summed E-state index contributed by atoms with van der Waals surface area (Å²) in [5, 5.41) is 9.58. The quantitative estimate of drug-likeness (QED) is 0.643. The van der Waals surface area contributed by atoms with Gasteiger partial charge in [-0.2, -0.15) is 0 Å². The number of esters is 2. The molecule has 6 nitrogen and oxygen atoms in total. The molecule has 0 amide bonds. The Hall–Kier alpha value is -1.97. The minimum atomic E-state index is -0.439. The van der Waals surface area contributed by atoms with Gasteiger partial charge in [-0.15, -0.1) is 22.7 Å². The highest BCUT2D eigenvalue weighted by atomic mass is 32.1. The Labute approximate surface area is 140 Å². The van der Waals surface area contributed by atoms with Crippen molar-refractivity contribution in [3.8, 4) is 0 Å². The highest BCUT2D eigenvalue weighted by Crippen LogP contribution is 2.25. The van der Waals surface area contributed by atoms with Crippen LogP contribution in [-0.2, 0) is 9.47 Å². The summed E-state index contributed by atoms with van der Waals surface area (Å²) in [5.41, 5.74) is 1.09. The van der Waals surface area contributed by atoms with Crippen LogP contribution in [0.5, 0.6) is 0 Å². The number of carbonyl (C=O) groups excluding carboxylic acids is 2. The van der Waals surface area contributed by atoms with E-state index in [1.165, 1.54) is 36.9 Å². The number of hydrogen-bond donors (Lipinski definition) is 2. The summed E-state index contributed by atoms with van der Waals surface area (Å²) in [4.78, 5) is 24.0. The van der Waals surface area contributed by atoms with Crippen molar-refractivity contribution in [2.75, 3.05) is 24.9 Å². The first-order valence-electron chi connectivity index (χ1n) is 5.96. The van der Waals surface area contributed by atoms with Crippen LogP contribution >= 0.6 is 34.9 Å². The minimum Gasteiger partial charge on any atom is -0.465 e. The van der Waals surface area contributed by atoms with Gasteiger partial charge in [0.05, 0.1) is 25.6 Å². The van der Waals surface area contributed by atoms with E-state index in [-0.39, 0.29) is 5.11 Å². The molecule has 0 aliphatic carbocycles. The molecule has 0 radical (unpaired) electrons. The van der Waals surface area contributed by atoms with E-state index in [9.17, 15) is 9.59 Å². The summed E-state index contributed by atoms with van der Waals surface area (Å²) < 4.78 is 9.39. The summed E-state index contributed by atoms with van der Waals surface area (Å²) in [6.45, 7) is 0. The minimum absolute atomic E-state index is 0.257. The van der Waals surface area contributed by atoms with Crippen LogP contribution in [0, 0.1) is 0 Å². The maximum atomic E-state index is 11.6. The van der Waals surface area contributed by atoms with Crippen LogP contribution in [0.25, 0.3) is 0 Å². The van der Waals surface area contributed by atoms with Crippen molar-refractivity contribution in [2.45, 2.75) is 0 Å². The van der Waals surface area contributed by atoms with Crippen LogP contribution in [-0.4, -0.2) is 31.3 Å². The van der Waals surface area contributed by atoms with E-state index in [1.54, 1.807) is 22.9 Å². The molecule has 2 aromatic rings. The maximum Gasteiger partial charge on any atom is 0.350 e. The van der Waals surface area contributed by atoms with E-state index < -0.39 is 11.9 Å². The van der Waals surface area contributed by atoms with Crippen LogP contribution in [0.2, 0.25) is 0 Å². The van der Waals surface area contributed by atoms with Crippen LogP contribution in [0.3, 0.4) is 0 Å². The molecular formula is C13H12N2O4S3. The van der Waals surface area contributed by atoms with Gasteiger partial charge in [-0.25, -0.2) is 9.59 Å². The predicted molar refractivity (Wildman–Crippen MR) is 91.2 cm³/mol. The van der Waals surface area contributed by atoms with Gasteiger partial charge in [-0.05, 0) is 35.1 Å². The summed E-state index contributed by atoms with van der Waals surface area (Å²) in [6, 6.07) is 3.44. The van der Waals surface area contributed by atoms with E-state index in [1.807, 2.05) is 0 Å². The third-order valence-electron chi connectivity index (χ3n) is 2.57. The molecule has 0 saturated carbocycles. The number of thiophene rings is 2. The number of ether oxygens (including phenoxy) is 2. The molecule has 0 saturated heterocycles. The molecule has 0 aliphatic heterocycles. The fourth-order valence-electron chi connectivity index (χ4n) is 1.59. The average Bonchev–Trinajstić information content (AvgIpc) is 3.15. The summed E-state index contributed by atoms with van der Waals surface area (Å²) in [5.74, 6) is -0.878. The largest absolute Gasteiger partial charge is 0.465 e. The third-order valence-corrected chi connectivity index (χ3v) is 4.56. The molecule has 0 unspecified atom stereocenters. The van der Waals surface area contributed by atoms with E-state index in [0.717, 1.165) is 0 Å². The zero-order chi connectivity index (χ0) is 16.1. The van der Waals surface area contributed by atoms with E-state index in [2.05, 4.69) is 10.6 Å². The number of thiocarbonyl (C=S) groups is 1. The van der Waals surface area contributed by atoms with Crippen molar-refractivity contribution in [1.82, 2.24) is 0 Å². The standard InChI is InChI=1S/C13H12N2O4S3/c1-18-11(16)9-7(3-5-21-9)14-13(20)15-8-4-6-22-10(8)12(17)19-2/h3-6H,1-2H3,(H2,14,15,20). The van der Waals surface area contributed by atoms with Crippen molar-refractivity contribution in [3.05, 3.63) is 32.6 Å². The lowest BCUT2D eigenvalue weighted by Gasteiger charge is -2.10. The molecule has 0 aliphatic rings. The molecule has 0 fully saturated rings. The summed E-state index contributed by atoms with van der Waals surface area (Å²) in [7, 11) is 2.63. The Balaban J connectivity index is 2.09. The SMILES string of the molecule is COC(=O)c1sccc1NC(=S)Nc1ccsc1C(=O)OC. The lowest BCUT2D eigenvalue weighted by Crippen LogP contribution is -2.21. The molecule has 0 bridgehead atoms. The van der Waals surface area contributed by atoms with Crippen LogP contribution in [0.4, 0.5) is 11.4 Å². The Morgan fingerprint density at radius 2 is 1.36 bits per heavy atom. The lowest BCUT2D eigenvalue weighted by atomic mass is 10.4. The molecule has 0 atom stereocenters. The van der Waals surface area contributed by atoms with Crippen molar-refractivity contribution in [3.63, 3.8) is 0 Å². The molecule has 2 rings (SSSR count). The van der Waals surface area contributed by atoms with Gasteiger partial charge in [0.1, 0.15) is 9.75 Å². The highest BCUT2D eigenvalue weighted by Gasteiger charge is 2.17. The Morgan fingerprint density at radius 1 is 0.955 bits per heavy atom. The number of hydrogen-bond acceptors (Lipinski definition) is 7. The molecule has 116 valence electrons. The smallest absolute Gasteiger partial charge is 0.350 e. The van der Waals surface area contributed by atoms with Crippen LogP contribution in [0.15, 0.2) is 22.9 Å². The molecule has 2 heterocycles. The van der Waals surface area contributed by atoms with Crippen LogP contribution < -0.4 is 10.6 Å². The van der Waals surface area contributed by atoms with Gasteiger partial charge in [0, 0.05) is 0 Å². The van der Waals surface area contributed by atoms with Gasteiger partial charge in [0.25, 0.3) is 0 Å². The number of anilines is 2. The average molecular weight is 356 g/mol. The predicted octanol–water partition coefficient (Wildman–Crippen LogP) is 3.19. The van der Waals surface area contributed by atoms with Crippen LogP contribution in [0.1, 0.15) is 19.3 Å². The van der Waals surface area contributed by atoms with Gasteiger partial charge in [-0.1, -0.05) is 0 Å². The fourth-order valence-corrected chi connectivity index (χ4v) is 3.34. The Bertz CT molecular complexity index is 649. The maximum absolute atomic E-state index is 11.6. The van der Waals surface area contributed by atoms with Gasteiger partial charge in [-0.3, -0.25) is 0 Å². The summed E-state index contributed by atoms with van der Waals surface area (Å²) in [6.07, 6.45) is 0. The number of nitrogens with one attached hydrogen (secondary N) is 2. The topological polar surface area (TPSA) is 76.7 Å². The first kappa shape index (κ1) is 16.4. The number of methoxy groups -OCH3 is 2. The Kier molecular flexibility index (Phi) is 5.47. The highest BCUT2D eigenvalue weighted by molar-refractivity contribution is 7.80. The Morgan fingerprint density at radius 3 is 1.73 bits per heavy atom. The molecule has 0 aromatic carbocycles. The van der Waals surface area contributed by atoms with Crippen molar-refractivity contribution in [2.24, 2.45) is 0 Å². The van der Waals surface area contributed by atoms with Crippen molar-refractivity contribution >= 4 is 63.3 Å². The zero-order valence-corrected chi connectivity index (χ0v) is 14.1. The zero-order valence-electron chi connectivity index (χ0n) is 11.7. The number of carbonyl (C=O) groups is 2. The first-order valence-corrected chi connectivity index (χ1v) is 8.13. The monoisotopic (exact) mass is 356 g/mol. The van der Waals surface area contributed by atoms with E-state index in [4.69, 9.17) is 21.7 Å². The second-order valence-electron chi connectivity index (χ2n) is 3.89. The third kappa shape index (κ3) is 3.62. The van der Waals surface area contributed by atoms with E-state index in [0.29, 0.717) is 21.1 Å². The van der Waals surface area contributed by atoms with Gasteiger partial charge in [0.2, 0.25) is 0 Å². The first-order chi connectivity index (χ1) is 10.6. The van der Waals surface area contributed by atoms with Gasteiger partial charge in [0.15, 0.2) is 5.11 Å². The fraction of sp³-hybridized carbons (Fsp3) is 0.154. The molecule has 0 spiro atoms. The molecule has 9 heteroatoms. The van der Waals surface area contributed by atoms with Crippen molar-refractivity contribution < 1.29 is 19.1 Å². The van der Waals surface area contributed by atoms with Gasteiger partial charge >= 0.3 is 11.9 Å².